The normalized spacial score (nSPS) is 11.8. The van der Waals surface area contributed by atoms with Crippen molar-refractivity contribution >= 4 is 21.5 Å². The second kappa shape index (κ2) is 3.85. The second-order valence-corrected chi connectivity index (χ2v) is 3.55. The minimum absolute atomic E-state index is 0.208. The molecule has 0 saturated carbocycles. The number of hydrogen-bond acceptors (Lipinski definition) is 0. The summed E-state index contributed by atoms with van der Waals surface area (Å²) in [5.74, 6) is -0.208. The van der Waals surface area contributed by atoms with Crippen molar-refractivity contribution in [2.24, 2.45) is 0 Å². The molecule has 64 valence electrons. The predicted octanol–water partition coefficient (Wildman–Crippen LogP) is 4.01. The third-order valence-corrected chi connectivity index (χ3v) is 2.21. The van der Waals surface area contributed by atoms with E-state index in [2.05, 4.69) is 15.9 Å². The highest BCUT2D eigenvalue weighted by Crippen LogP contribution is 2.20. The van der Waals surface area contributed by atoms with Crippen LogP contribution in [0.2, 0.25) is 0 Å². The molecule has 0 unspecified atom stereocenters. The van der Waals surface area contributed by atoms with Gasteiger partial charge in [0.05, 0.1) is 0 Å². The summed E-state index contributed by atoms with van der Waals surface area (Å²) in [4.78, 5) is 0. The van der Waals surface area contributed by atoms with Gasteiger partial charge in [0.15, 0.2) is 0 Å². The van der Waals surface area contributed by atoms with Crippen molar-refractivity contribution < 1.29 is 4.39 Å². The highest BCUT2D eigenvalue weighted by molar-refractivity contribution is 9.10. The summed E-state index contributed by atoms with van der Waals surface area (Å²) in [6.45, 7) is 3.90. The van der Waals surface area contributed by atoms with Gasteiger partial charge in [0, 0.05) is 4.47 Å². The Kier molecular flexibility index (Phi) is 3.04. The summed E-state index contributed by atoms with van der Waals surface area (Å²) >= 11 is 3.24. The lowest BCUT2D eigenvalue weighted by Gasteiger charge is -2.01. The molecule has 1 aromatic rings. The van der Waals surface area contributed by atoms with Crippen molar-refractivity contribution in [3.63, 3.8) is 0 Å². The Labute approximate surface area is 80.2 Å². The molecule has 12 heavy (non-hydrogen) atoms. The monoisotopic (exact) mass is 228 g/mol. The lowest BCUT2D eigenvalue weighted by molar-refractivity contribution is 0.626. The number of benzene rings is 1. The van der Waals surface area contributed by atoms with Gasteiger partial charge in [-0.25, -0.2) is 4.39 Å². The first kappa shape index (κ1) is 9.46. The summed E-state index contributed by atoms with van der Waals surface area (Å²) in [5, 5.41) is 0. The van der Waals surface area contributed by atoms with E-state index in [1.54, 1.807) is 0 Å². The van der Waals surface area contributed by atoms with Crippen LogP contribution in [0.3, 0.4) is 0 Å². The van der Waals surface area contributed by atoms with Gasteiger partial charge < -0.3 is 0 Å². The maximum atomic E-state index is 12.9. The van der Waals surface area contributed by atoms with Gasteiger partial charge in [-0.1, -0.05) is 22.0 Å². The Morgan fingerprint density at radius 1 is 1.42 bits per heavy atom. The molecule has 0 bridgehead atoms. The van der Waals surface area contributed by atoms with Gasteiger partial charge in [0.2, 0.25) is 0 Å². The molecule has 0 nitrogen and oxygen atoms in total. The van der Waals surface area contributed by atoms with Crippen LogP contribution < -0.4 is 0 Å². The second-order valence-electron chi connectivity index (χ2n) is 2.63. The zero-order valence-corrected chi connectivity index (χ0v) is 8.65. The van der Waals surface area contributed by atoms with E-state index >= 15 is 0 Å². The molecule has 0 fully saturated rings. The summed E-state index contributed by atoms with van der Waals surface area (Å²) in [7, 11) is 0. The van der Waals surface area contributed by atoms with E-state index in [-0.39, 0.29) is 5.82 Å². The standard InChI is InChI=1S/C10H10BrF/c1-3-7(2)8-4-9(11)6-10(12)5-8/h3-6H,1-2H3/b7-3+. The Morgan fingerprint density at radius 3 is 2.58 bits per heavy atom. The van der Waals surface area contributed by atoms with E-state index in [4.69, 9.17) is 0 Å². The quantitative estimate of drug-likeness (QED) is 0.682. The molecule has 1 aromatic carbocycles. The van der Waals surface area contributed by atoms with Crippen molar-refractivity contribution in [2.75, 3.05) is 0 Å². The highest BCUT2D eigenvalue weighted by atomic mass is 79.9. The fourth-order valence-electron chi connectivity index (χ4n) is 0.948. The zero-order valence-electron chi connectivity index (χ0n) is 7.07. The van der Waals surface area contributed by atoms with Crippen LogP contribution in [-0.2, 0) is 0 Å². The topological polar surface area (TPSA) is 0 Å². The minimum atomic E-state index is -0.208. The molecule has 0 amide bonds. The summed E-state index contributed by atoms with van der Waals surface area (Å²) in [6.07, 6.45) is 1.96. The lowest BCUT2D eigenvalue weighted by atomic mass is 10.1. The number of allylic oxidation sites excluding steroid dienone is 2. The fourth-order valence-corrected chi connectivity index (χ4v) is 1.41. The first-order valence-electron chi connectivity index (χ1n) is 3.73. The van der Waals surface area contributed by atoms with Gasteiger partial charge in [-0.05, 0) is 43.2 Å². The van der Waals surface area contributed by atoms with Gasteiger partial charge >= 0.3 is 0 Å². The van der Waals surface area contributed by atoms with Crippen molar-refractivity contribution in [1.82, 2.24) is 0 Å². The smallest absolute Gasteiger partial charge is 0.124 e. The van der Waals surface area contributed by atoms with Gasteiger partial charge in [0.25, 0.3) is 0 Å². The Bertz CT molecular complexity index is 295. The van der Waals surface area contributed by atoms with Crippen LogP contribution in [0, 0.1) is 5.82 Å². The number of rotatable bonds is 1. The lowest BCUT2D eigenvalue weighted by Crippen LogP contribution is -1.82. The molecule has 0 atom stereocenters. The van der Waals surface area contributed by atoms with Gasteiger partial charge in [0.1, 0.15) is 5.82 Å². The summed E-state index contributed by atoms with van der Waals surface area (Å²) < 4.78 is 13.6. The zero-order chi connectivity index (χ0) is 9.14. The maximum Gasteiger partial charge on any atom is 0.124 e. The molecule has 0 aliphatic carbocycles. The largest absolute Gasteiger partial charge is 0.207 e. The van der Waals surface area contributed by atoms with E-state index in [9.17, 15) is 4.39 Å². The molecule has 0 radical (unpaired) electrons. The molecule has 0 saturated heterocycles. The molecule has 0 spiro atoms. The van der Waals surface area contributed by atoms with Gasteiger partial charge in [-0.2, -0.15) is 0 Å². The molecule has 0 aliphatic heterocycles. The van der Waals surface area contributed by atoms with Gasteiger partial charge in [-0.15, -0.1) is 0 Å². The van der Waals surface area contributed by atoms with Crippen LogP contribution in [0.15, 0.2) is 28.7 Å². The average Bonchev–Trinajstić information content (AvgIpc) is 2.01. The Morgan fingerprint density at radius 2 is 2.08 bits per heavy atom. The van der Waals surface area contributed by atoms with E-state index in [0.717, 1.165) is 15.6 Å². The number of hydrogen-bond donors (Lipinski definition) is 0. The van der Waals surface area contributed by atoms with Crippen LogP contribution in [0.25, 0.3) is 5.57 Å². The first-order valence-corrected chi connectivity index (χ1v) is 4.52. The van der Waals surface area contributed by atoms with Crippen molar-refractivity contribution in [3.8, 4) is 0 Å². The Hall–Kier alpha value is -0.630. The Balaban J connectivity index is 3.17. The van der Waals surface area contributed by atoms with Crippen molar-refractivity contribution in [3.05, 3.63) is 40.1 Å². The van der Waals surface area contributed by atoms with Crippen LogP contribution >= 0.6 is 15.9 Å². The van der Waals surface area contributed by atoms with Crippen LogP contribution in [0.4, 0.5) is 4.39 Å². The maximum absolute atomic E-state index is 12.9. The molecule has 0 N–H and O–H groups in total. The number of halogens is 2. The molecule has 0 heterocycles. The van der Waals surface area contributed by atoms with E-state index in [0.29, 0.717) is 0 Å². The van der Waals surface area contributed by atoms with E-state index < -0.39 is 0 Å². The van der Waals surface area contributed by atoms with Crippen LogP contribution in [0.1, 0.15) is 19.4 Å². The minimum Gasteiger partial charge on any atom is -0.207 e. The van der Waals surface area contributed by atoms with Gasteiger partial charge in [-0.3, -0.25) is 0 Å². The SMILES string of the molecule is C/C=C(\C)c1cc(F)cc(Br)c1. The van der Waals surface area contributed by atoms with E-state index in [1.165, 1.54) is 12.1 Å². The molecule has 0 aromatic heterocycles. The third-order valence-electron chi connectivity index (χ3n) is 1.75. The van der Waals surface area contributed by atoms with Crippen LogP contribution in [-0.4, -0.2) is 0 Å². The summed E-state index contributed by atoms with van der Waals surface area (Å²) in [6, 6.07) is 4.88. The first-order chi connectivity index (χ1) is 5.63. The van der Waals surface area contributed by atoms with Crippen LogP contribution in [0.5, 0.6) is 0 Å². The third kappa shape index (κ3) is 2.18. The molecular formula is C10H10BrF. The molecule has 2 heteroatoms. The summed E-state index contributed by atoms with van der Waals surface area (Å²) in [5.41, 5.74) is 2.00. The molecular weight excluding hydrogens is 219 g/mol. The van der Waals surface area contributed by atoms with E-state index in [1.807, 2.05) is 26.0 Å². The molecule has 1 rings (SSSR count). The van der Waals surface area contributed by atoms with Crippen molar-refractivity contribution in [2.45, 2.75) is 13.8 Å². The predicted molar refractivity (Wildman–Crippen MR) is 53.4 cm³/mol. The fraction of sp³-hybridized carbons (Fsp3) is 0.200. The van der Waals surface area contributed by atoms with Crippen molar-refractivity contribution in [1.29, 1.82) is 0 Å². The molecule has 0 aliphatic rings. The highest BCUT2D eigenvalue weighted by Gasteiger charge is 1.99. The average molecular weight is 229 g/mol.